The summed E-state index contributed by atoms with van der Waals surface area (Å²) in [4.78, 5) is 16.0. The SMILES string of the molecule is CCn1c(SCC(=O)/C=C2\N(C)c3ccccc3C2(C)C)nnc1-c1cccs1. The van der Waals surface area contributed by atoms with Crippen molar-refractivity contribution in [3.63, 3.8) is 0 Å². The number of rotatable bonds is 6. The average molecular weight is 425 g/mol. The molecule has 7 heteroatoms. The Balaban J connectivity index is 1.52. The third kappa shape index (κ3) is 3.53. The van der Waals surface area contributed by atoms with Crippen LogP contribution in [-0.2, 0) is 16.8 Å². The van der Waals surface area contributed by atoms with Crippen LogP contribution in [0.3, 0.4) is 0 Å². The van der Waals surface area contributed by atoms with Gasteiger partial charge in [0.25, 0.3) is 0 Å². The Morgan fingerprint density at radius 2 is 2.00 bits per heavy atom. The Bertz CT molecular complexity index is 1070. The number of thioether (sulfide) groups is 1. The zero-order valence-corrected chi connectivity index (χ0v) is 18.7. The molecule has 0 radical (unpaired) electrons. The van der Waals surface area contributed by atoms with Crippen molar-refractivity contribution >= 4 is 34.6 Å². The number of nitrogens with zero attached hydrogens (tertiary/aromatic N) is 4. The van der Waals surface area contributed by atoms with Gasteiger partial charge >= 0.3 is 0 Å². The number of hydrogen-bond acceptors (Lipinski definition) is 6. The first-order chi connectivity index (χ1) is 13.9. The smallest absolute Gasteiger partial charge is 0.191 e. The fraction of sp³-hybridized carbons (Fsp3) is 0.318. The second-order valence-electron chi connectivity index (χ2n) is 7.51. The standard InChI is InChI=1S/C22H24N4OS2/c1-5-26-20(18-11-8-12-28-18)23-24-21(26)29-14-15(27)13-19-22(2,3)16-9-6-7-10-17(16)25(19)4/h6-13H,5,14H2,1-4H3/b19-13-. The van der Waals surface area contributed by atoms with Crippen molar-refractivity contribution in [3.05, 3.63) is 59.1 Å². The molecule has 3 heterocycles. The van der Waals surface area contributed by atoms with Gasteiger partial charge in [0.05, 0.1) is 10.6 Å². The molecule has 29 heavy (non-hydrogen) atoms. The van der Waals surface area contributed by atoms with Crippen molar-refractivity contribution in [3.8, 4) is 10.7 Å². The number of benzene rings is 1. The van der Waals surface area contributed by atoms with Gasteiger partial charge in [-0.3, -0.25) is 4.79 Å². The van der Waals surface area contributed by atoms with Crippen LogP contribution < -0.4 is 4.90 Å². The van der Waals surface area contributed by atoms with Crippen molar-refractivity contribution in [1.29, 1.82) is 0 Å². The van der Waals surface area contributed by atoms with Crippen LogP contribution in [0.2, 0.25) is 0 Å². The van der Waals surface area contributed by atoms with Crippen molar-refractivity contribution in [2.24, 2.45) is 0 Å². The Hall–Kier alpha value is -2.38. The van der Waals surface area contributed by atoms with E-state index in [-0.39, 0.29) is 11.2 Å². The van der Waals surface area contributed by atoms with Gasteiger partial charge in [0.2, 0.25) is 0 Å². The van der Waals surface area contributed by atoms with Crippen molar-refractivity contribution in [2.45, 2.75) is 37.9 Å². The number of aromatic nitrogens is 3. The van der Waals surface area contributed by atoms with Gasteiger partial charge in [0, 0.05) is 36.5 Å². The maximum atomic E-state index is 12.8. The van der Waals surface area contributed by atoms with Crippen LogP contribution in [-0.4, -0.2) is 33.3 Å². The van der Waals surface area contributed by atoms with E-state index in [1.54, 1.807) is 17.4 Å². The molecular formula is C22H24N4OS2. The summed E-state index contributed by atoms with van der Waals surface area (Å²) in [6, 6.07) is 12.4. The number of fused-ring (bicyclic) bond motifs is 1. The highest BCUT2D eigenvalue weighted by molar-refractivity contribution is 7.99. The number of hydrogen-bond donors (Lipinski definition) is 0. The zero-order valence-electron chi connectivity index (χ0n) is 17.0. The van der Waals surface area contributed by atoms with E-state index >= 15 is 0 Å². The highest BCUT2D eigenvalue weighted by Gasteiger charge is 2.38. The fourth-order valence-corrected chi connectivity index (χ4v) is 5.40. The molecular weight excluding hydrogens is 400 g/mol. The molecule has 1 aliphatic rings. The molecule has 0 aliphatic carbocycles. The van der Waals surface area contributed by atoms with Crippen LogP contribution in [0.1, 0.15) is 26.3 Å². The summed E-state index contributed by atoms with van der Waals surface area (Å²) >= 11 is 3.09. The van der Waals surface area contributed by atoms with E-state index in [1.807, 2.05) is 30.6 Å². The summed E-state index contributed by atoms with van der Waals surface area (Å²) in [6.07, 6.45) is 1.79. The molecule has 0 unspecified atom stereocenters. The lowest BCUT2D eigenvalue weighted by molar-refractivity contribution is -0.112. The van der Waals surface area contributed by atoms with E-state index in [0.717, 1.165) is 33.8 Å². The summed E-state index contributed by atoms with van der Waals surface area (Å²) in [5.41, 5.74) is 3.25. The maximum absolute atomic E-state index is 12.8. The van der Waals surface area contributed by atoms with E-state index < -0.39 is 0 Å². The molecule has 0 saturated heterocycles. The molecule has 0 atom stereocenters. The van der Waals surface area contributed by atoms with Gasteiger partial charge in [-0.1, -0.05) is 49.9 Å². The largest absolute Gasteiger partial charge is 0.347 e. The third-order valence-electron chi connectivity index (χ3n) is 5.36. The maximum Gasteiger partial charge on any atom is 0.191 e. The number of anilines is 1. The number of thiophene rings is 1. The number of carbonyl (C=O) groups is 1. The van der Waals surface area contributed by atoms with Crippen molar-refractivity contribution in [2.75, 3.05) is 17.7 Å². The van der Waals surface area contributed by atoms with Gasteiger partial charge in [-0.25, -0.2) is 0 Å². The fourth-order valence-electron chi connectivity index (χ4n) is 3.86. The molecule has 0 fully saturated rings. The minimum absolute atomic E-state index is 0.0843. The molecule has 1 aromatic carbocycles. The number of allylic oxidation sites excluding steroid dienone is 2. The van der Waals surface area contributed by atoms with Crippen LogP contribution >= 0.6 is 23.1 Å². The monoisotopic (exact) mass is 424 g/mol. The predicted octanol–water partition coefficient (Wildman–Crippen LogP) is 5.00. The average Bonchev–Trinajstić information content (AvgIpc) is 3.42. The lowest BCUT2D eigenvalue weighted by Gasteiger charge is -2.23. The zero-order chi connectivity index (χ0) is 20.6. The van der Waals surface area contributed by atoms with Gasteiger partial charge in [-0.05, 0) is 30.0 Å². The molecule has 0 N–H and O–H groups in total. The third-order valence-corrected chi connectivity index (χ3v) is 7.21. The van der Waals surface area contributed by atoms with E-state index in [2.05, 4.69) is 58.6 Å². The quantitative estimate of drug-likeness (QED) is 0.412. The highest BCUT2D eigenvalue weighted by Crippen LogP contribution is 2.46. The molecule has 150 valence electrons. The molecule has 0 spiro atoms. The first-order valence-corrected chi connectivity index (χ1v) is 11.5. The van der Waals surface area contributed by atoms with Gasteiger partial charge in [-0.15, -0.1) is 21.5 Å². The number of para-hydroxylation sites is 1. The number of ketones is 1. The topological polar surface area (TPSA) is 51.0 Å². The summed E-state index contributed by atoms with van der Waals surface area (Å²) < 4.78 is 2.07. The molecule has 0 saturated carbocycles. The van der Waals surface area contributed by atoms with E-state index in [1.165, 1.54) is 17.3 Å². The Labute approximate surface area is 179 Å². The molecule has 2 aromatic heterocycles. The van der Waals surface area contributed by atoms with Crippen LogP contribution in [0.4, 0.5) is 5.69 Å². The van der Waals surface area contributed by atoms with Gasteiger partial charge < -0.3 is 9.47 Å². The normalized spacial score (nSPS) is 16.4. The lowest BCUT2D eigenvalue weighted by Crippen LogP contribution is -2.24. The lowest BCUT2D eigenvalue weighted by atomic mass is 9.83. The van der Waals surface area contributed by atoms with Crippen molar-refractivity contribution < 1.29 is 4.79 Å². The summed E-state index contributed by atoms with van der Waals surface area (Å²) in [5, 5.41) is 11.5. The van der Waals surface area contributed by atoms with Crippen LogP contribution in [0.15, 0.2) is 58.7 Å². The van der Waals surface area contributed by atoms with E-state index in [9.17, 15) is 4.79 Å². The summed E-state index contributed by atoms with van der Waals surface area (Å²) in [6.45, 7) is 7.18. The van der Waals surface area contributed by atoms with E-state index in [0.29, 0.717) is 5.75 Å². The Morgan fingerprint density at radius 3 is 2.69 bits per heavy atom. The minimum atomic E-state index is -0.193. The minimum Gasteiger partial charge on any atom is -0.347 e. The molecule has 1 aliphatic heterocycles. The van der Waals surface area contributed by atoms with Crippen LogP contribution in [0.5, 0.6) is 0 Å². The summed E-state index contributed by atoms with van der Waals surface area (Å²) in [5.74, 6) is 1.29. The van der Waals surface area contributed by atoms with E-state index in [4.69, 9.17) is 0 Å². The number of likely N-dealkylation sites (N-methyl/N-ethyl adjacent to an activating group) is 1. The predicted molar refractivity (Wildman–Crippen MR) is 121 cm³/mol. The van der Waals surface area contributed by atoms with Gasteiger partial charge in [-0.2, -0.15) is 0 Å². The number of carbonyl (C=O) groups excluding carboxylic acids is 1. The second kappa shape index (κ2) is 7.80. The highest BCUT2D eigenvalue weighted by atomic mass is 32.2. The van der Waals surface area contributed by atoms with Crippen LogP contribution in [0.25, 0.3) is 10.7 Å². The van der Waals surface area contributed by atoms with Gasteiger partial charge in [0.1, 0.15) is 0 Å². The molecule has 0 amide bonds. The van der Waals surface area contributed by atoms with Gasteiger partial charge in [0.15, 0.2) is 16.8 Å². The Kier molecular flexibility index (Phi) is 5.36. The molecule has 3 aromatic rings. The molecule has 5 nitrogen and oxygen atoms in total. The van der Waals surface area contributed by atoms with Crippen molar-refractivity contribution in [1.82, 2.24) is 14.8 Å². The second-order valence-corrected chi connectivity index (χ2v) is 9.40. The summed E-state index contributed by atoms with van der Waals surface area (Å²) in [7, 11) is 2.03. The van der Waals surface area contributed by atoms with Crippen LogP contribution in [0, 0.1) is 0 Å². The first-order valence-electron chi connectivity index (χ1n) is 9.61. The molecule has 0 bridgehead atoms. The molecule has 4 rings (SSSR count). The first kappa shape index (κ1) is 19.9. The Morgan fingerprint density at radius 1 is 1.21 bits per heavy atom.